The van der Waals surface area contributed by atoms with Crippen molar-refractivity contribution in [1.29, 1.82) is 0 Å². The number of amides is 6. The van der Waals surface area contributed by atoms with E-state index in [1.54, 1.807) is 0 Å². The zero-order valence-electron chi connectivity index (χ0n) is 22.5. The standard InChI is InChI=1S/C26H41N5O7S/c32-20(27-16-8-2-4-12-24(36)38-31-22(34)13-14-23(31)35)10-3-1-7-15-28-21(33)11-6-5-9-19-25-18(17-39-19)29-26(37)30-25/h18-19,25H,1-17H2,(H,27,32)(H,28,33)(H2,29,30,37)/t18-,19-,25-/m0/s1. The number of imide groups is 1. The largest absolute Gasteiger partial charge is 0.356 e. The number of nitrogens with one attached hydrogen (secondary N) is 4. The highest BCUT2D eigenvalue weighted by molar-refractivity contribution is 8.00. The molecule has 39 heavy (non-hydrogen) atoms. The Bertz CT molecular complexity index is 886. The second-order valence-corrected chi connectivity index (χ2v) is 11.5. The number of fused-ring (bicyclic) bond motifs is 1. The molecule has 4 N–H and O–H groups in total. The zero-order valence-corrected chi connectivity index (χ0v) is 23.3. The number of thioether (sulfide) groups is 1. The Kier molecular flexibility index (Phi) is 12.8. The number of rotatable bonds is 18. The molecule has 12 nitrogen and oxygen atoms in total. The Balaban J connectivity index is 1.06. The van der Waals surface area contributed by atoms with E-state index in [0.717, 1.165) is 50.7 Å². The highest BCUT2D eigenvalue weighted by atomic mass is 32.2. The molecule has 3 aliphatic heterocycles. The van der Waals surface area contributed by atoms with Crippen LogP contribution >= 0.6 is 11.8 Å². The van der Waals surface area contributed by atoms with Crippen molar-refractivity contribution in [2.24, 2.45) is 0 Å². The van der Waals surface area contributed by atoms with E-state index >= 15 is 0 Å². The van der Waals surface area contributed by atoms with Crippen molar-refractivity contribution < 1.29 is 33.6 Å². The number of carbonyl (C=O) groups is 6. The first-order chi connectivity index (χ1) is 18.8. The lowest BCUT2D eigenvalue weighted by Crippen LogP contribution is -2.36. The van der Waals surface area contributed by atoms with E-state index in [1.807, 2.05) is 11.8 Å². The van der Waals surface area contributed by atoms with E-state index in [-0.39, 0.29) is 49.2 Å². The summed E-state index contributed by atoms with van der Waals surface area (Å²) in [6.45, 7) is 1.14. The molecule has 0 aromatic carbocycles. The predicted octanol–water partition coefficient (Wildman–Crippen LogP) is 1.67. The molecule has 0 bridgehead atoms. The maximum Gasteiger partial charge on any atom is 0.333 e. The molecule has 0 aliphatic carbocycles. The Morgan fingerprint density at radius 1 is 0.795 bits per heavy atom. The molecule has 3 heterocycles. The predicted molar refractivity (Wildman–Crippen MR) is 144 cm³/mol. The lowest BCUT2D eigenvalue weighted by molar-refractivity contribution is -0.197. The number of nitrogens with zero attached hydrogens (tertiary/aromatic N) is 1. The van der Waals surface area contributed by atoms with Gasteiger partial charge >= 0.3 is 12.0 Å². The van der Waals surface area contributed by atoms with Crippen LogP contribution in [0, 0.1) is 0 Å². The van der Waals surface area contributed by atoms with E-state index in [1.165, 1.54) is 0 Å². The van der Waals surface area contributed by atoms with Gasteiger partial charge in [-0.05, 0) is 38.5 Å². The number of hydrogen-bond donors (Lipinski definition) is 4. The van der Waals surface area contributed by atoms with Crippen LogP contribution in [0.2, 0.25) is 0 Å². The fourth-order valence-electron chi connectivity index (χ4n) is 4.87. The molecule has 3 fully saturated rings. The van der Waals surface area contributed by atoms with Crippen molar-refractivity contribution >= 4 is 47.4 Å². The first-order valence-corrected chi connectivity index (χ1v) is 15.2. The van der Waals surface area contributed by atoms with Crippen LogP contribution in [-0.2, 0) is 28.8 Å². The number of urea groups is 1. The fourth-order valence-corrected chi connectivity index (χ4v) is 6.41. The average molecular weight is 568 g/mol. The van der Waals surface area contributed by atoms with Crippen LogP contribution in [0.4, 0.5) is 4.79 Å². The first-order valence-electron chi connectivity index (χ1n) is 14.1. The molecule has 0 aromatic rings. The monoisotopic (exact) mass is 567 g/mol. The summed E-state index contributed by atoms with van der Waals surface area (Å²) in [7, 11) is 0. The molecule has 0 saturated carbocycles. The normalized spacial score (nSPS) is 21.9. The lowest BCUT2D eigenvalue weighted by atomic mass is 10.0. The smallest absolute Gasteiger partial charge is 0.333 e. The van der Waals surface area contributed by atoms with Crippen LogP contribution in [0.3, 0.4) is 0 Å². The third-order valence-corrected chi connectivity index (χ3v) is 8.57. The average Bonchev–Trinajstić information content (AvgIpc) is 3.56. The van der Waals surface area contributed by atoms with E-state index in [4.69, 9.17) is 4.84 Å². The summed E-state index contributed by atoms with van der Waals surface area (Å²) in [6.07, 6.45) is 8.46. The molecular formula is C26H41N5O7S. The zero-order chi connectivity index (χ0) is 28.0. The Morgan fingerprint density at radius 2 is 1.38 bits per heavy atom. The third-order valence-electron chi connectivity index (χ3n) is 7.06. The van der Waals surface area contributed by atoms with E-state index in [9.17, 15) is 28.8 Å². The van der Waals surface area contributed by atoms with Gasteiger partial charge in [0.2, 0.25) is 11.8 Å². The van der Waals surface area contributed by atoms with Crippen LogP contribution < -0.4 is 21.3 Å². The molecule has 0 unspecified atom stereocenters. The molecule has 13 heteroatoms. The second kappa shape index (κ2) is 16.3. The van der Waals surface area contributed by atoms with Crippen LogP contribution in [0.25, 0.3) is 0 Å². The molecule has 3 atom stereocenters. The number of carbonyl (C=O) groups excluding carboxylic acids is 6. The van der Waals surface area contributed by atoms with Gasteiger partial charge in [0.25, 0.3) is 11.8 Å². The van der Waals surface area contributed by atoms with Crippen molar-refractivity contribution in [3.8, 4) is 0 Å². The van der Waals surface area contributed by atoms with Gasteiger partial charge in [-0.2, -0.15) is 11.8 Å². The van der Waals surface area contributed by atoms with Crippen LogP contribution in [-0.4, -0.2) is 76.9 Å². The summed E-state index contributed by atoms with van der Waals surface area (Å²) in [5.41, 5.74) is 0. The molecule has 3 aliphatic rings. The van der Waals surface area contributed by atoms with Gasteiger partial charge in [0, 0.05) is 56.2 Å². The molecule has 3 saturated heterocycles. The summed E-state index contributed by atoms with van der Waals surface area (Å²) >= 11 is 1.89. The van der Waals surface area contributed by atoms with E-state index in [0.29, 0.717) is 49.1 Å². The first kappa shape index (κ1) is 30.7. The summed E-state index contributed by atoms with van der Waals surface area (Å²) in [5.74, 6) is -0.572. The highest BCUT2D eigenvalue weighted by Gasteiger charge is 2.42. The van der Waals surface area contributed by atoms with Crippen molar-refractivity contribution in [3.05, 3.63) is 0 Å². The van der Waals surface area contributed by atoms with Gasteiger partial charge in [-0.1, -0.05) is 19.3 Å². The van der Waals surface area contributed by atoms with Crippen LogP contribution in [0.1, 0.15) is 89.9 Å². The van der Waals surface area contributed by atoms with E-state index < -0.39 is 17.8 Å². The molecule has 0 aromatic heterocycles. The fraction of sp³-hybridized carbons (Fsp3) is 0.769. The summed E-state index contributed by atoms with van der Waals surface area (Å²) in [5, 5.41) is 12.7. The Morgan fingerprint density at radius 3 is 2.03 bits per heavy atom. The lowest BCUT2D eigenvalue weighted by Gasteiger charge is -2.16. The van der Waals surface area contributed by atoms with Crippen molar-refractivity contribution in [1.82, 2.24) is 26.3 Å². The molecule has 6 amide bonds. The van der Waals surface area contributed by atoms with Gasteiger partial charge in [0.1, 0.15) is 0 Å². The van der Waals surface area contributed by atoms with Gasteiger partial charge in [-0.15, -0.1) is 5.06 Å². The molecule has 0 spiro atoms. The van der Waals surface area contributed by atoms with Gasteiger partial charge < -0.3 is 26.1 Å². The third kappa shape index (κ3) is 10.7. The Labute approximate surface area is 233 Å². The maximum atomic E-state index is 12.0. The summed E-state index contributed by atoms with van der Waals surface area (Å²) in [4.78, 5) is 74.8. The molecular weight excluding hydrogens is 526 g/mol. The minimum absolute atomic E-state index is 0.01000. The number of hydroxylamine groups is 2. The van der Waals surface area contributed by atoms with Gasteiger partial charge in [-0.25, -0.2) is 9.59 Å². The molecule has 0 radical (unpaired) electrons. The quantitative estimate of drug-likeness (QED) is 0.110. The van der Waals surface area contributed by atoms with Crippen molar-refractivity contribution in [2.45, 2.75) is 107 Å². The summed E-state index contributed by atoms with van der Waals surface area (Å²) in [6, 6.07) is 0.380. The van der Waals surface area contributed by atoms with Crippen LogP contribution in [0.15, 0.2) is 0 Å². The van der Waals surface area contributed by atoms with Gasteiger partial charge in [0.05, 0.1) is 12.1 Å². The second-order valence-electron chi connectivity index (χ2n) is 10.2. The van der Waals surface area contributed by atoms with E-state index in [2.05, 4.69) is 21.3 Å². The maximum absolute atomic E-state index is 12.0. The summed E-state index contributed by atoms with van der Waals surface area (Å²) < 4.78 is 0. The van der Waals surface area contributed by atoms with Crippen molar-refractivity contribution in [2.75, 3.05) is 18.8 Å². The SMILES string of the molecule is O=C(CCCCCNC(=O)CCCC[C@@H]1SC[C@@H]2NC(=O)N[C@@H]21)NCCCCCC(=O)ON1C(=O)CCC1=O. The highest BCUT2D eigenvalue weighted by Crippen LogP contribution is 2.33. The topological polar surface area (TPSA) is 163 Å². The number of hydrogen-bond acceptors (Lipinski definition) is 8. The molecule has 218 valence electrons. The Hall–Kier alpha value is -2.83. The van der Waals surface area contributed by atoms with Gasteiger partial charge in [-0.3, -0.25) is 19.2 Å². The van der Waals surface area contributed by atoms with Gasteiger partial charge in [0.15, 0.2) is 0 Å². The number of unbranched alkanes of at least 4 members (excludes halogenated alkanes) is 5. The minimum atomic E-state index is -0.602. The van der Waals surface area contributed by atoms with Crippen molar-refractivity contribution in [3.63, 3.8) is 0 Å². The van der Waals surface area contributed by atoms with Crippen LogP contribution in [0.5, 0.6) is 0 Å². The molecule has 3 rings (SSSR count). The minimum Gasteiger partial charge on any atom is -0.356 e.